The Hall–Kier alpha value is -1.38. The van der Waals surface area contributed by atoms with Crippen LogP contribution in [0.1, 0.15) is 23.2 Å². The maximum absolute atomic E-state index is 13.4. The topological polar surface area (TPSA) is 77.9 Å². The van der Waals surface area contributed by atoms with E-state index in [0.29, 0.717) is 19.4 Å². The highest BCUT2D eigenvalue weighted by molar-refractivity contribution is 7.89. The van der Waals surface area contributed by atoms with Crippen LogP contribution in [-0.2, 0) is 10.0 Å². The fourth-order valence-electron chi connectivity index (χ4n) is 2.56. The lowest BCUT2D eigenvalue weighted by Crippen LogP contribution is -2.48. The summed E-state index contributed by atoms with van der Waals surface area (Å²) in [6, 6.07) is 1.80. The number of piperidine rings is 1. The van der Waals surface area contributed by atoms with Crippen LogP contribution in [0.25, 0.3) is 0 Å². The molecule has 0 aromatic heterocycles. The molecule has 1 saturated heterocycles. The van der Waals surface area contributed by atoms with Gasteiger partial charge in [0.05, 0.1) is 15.8 Å². The van der Waals surface area contributed by atoms with E-state index in [9.17, 15) is 22.7 Å². The van der Waals surface area contributed by atoms with Gasteiger partial charge in [0.25, 0.3) is 5.91 Å². The van der Waals surface area contributed by atoms with Gasteiger partial charge in [-0.25, -0.2) is 17.1 Å². The molecule has 1 aliphatic heterocycles. The molecule has 23 heavy (non-hydrogen) atoms. The maximum Gasteiger partial charge on any atom is 0.257 e. The maximum atomic E-state index is 13.4. The average Bonchev–Trinajstić information content (AvgIpc) is 2.50. The number of benzene rings is 1. The molecule has 0 saturated carbocycles. The highest BCUT2D eigenvalue weighted by Gasteiger charge is 2.35. The van der Waals surface area contributed by atoms with Crippen molar-refractivity contribution < 1.29 is 22.7 Å². The van der Waals surface area contributed by atoms with Crippen LogP contribution in [0.3, 0.4) is 0 Å². The lowest BCUT2D eigenvalue weighted by molar-refractivity contribution is 0.0722. The number of carbonyl (C=O) groups excluding carboxylic acids is 1. The van der Waals surface area contributed by atoms with Crippen LogP contribution in [0.4, 0.5) is 4.39 Å². The lowest BCUT2D eigenvalue weighted by atomic mass is 10.1. The second kappa shape index (κ2) is 6.62. The highest BCUT2D eigenvalue weighted by atomic mass is 35.5. The minimum absolute atomic E-state index is 0.00702. The van der Waals surface area contributed by atoms with E-state index in [1.165, 1.54) is 19.0 Å². The van der Waals surface area contributed by atoms with Gasteiger partial charge in [-0.2, -0.15) is 0 Å². The van der Waals surface area contributed by atoms with Crippen LogP contribution in [0.5, 0.6) is 5.75 Å². The molecule has 1 atom stereocenters. The quantitative estimate of drug-likeness (QED) is 0.885. The Morgan fingerprint density at radius 2 is 2.09 bits per heavy atom. The van der Waals surface area contributed by atoms with Gasteiger partial charge >= 0.3 is 0 Å². The Morgan fingerprint density at radius 3 is 2.70 bits per heavy atom. The van der Waals surface area contributed by atoms with E-state index in [2.05, 4.69) is 0 Å². The Kier molecular flexibility index (Phi) is 5.17. The Balaban J connectivity index is 2.27. The minimum Gasteiger partial charge on any atom is -0.506 e. The number of nitrogens with zero attached hydrogens (tertiary/aromatic N) is 2. The number of hydrogen-bond donors (Lipinski definition) is 1. The summed E-state index contributed by atoms with van der Waals surface area (Å²) in [5.41, 5.74) is -0.266. The summed E-state index contributed by atoms with van der Waals surface area (Å²) in [4.78, 5) is 13.8. The molecule has 128 valence electrons. The number of halogens is 2. The number of likely N-dealkylation sites (tertiary alicyclic amines) is 1. The second-order valence-electron chi connectivity index (χ2n) is 5.63. The molecule has 0 spiro atoms. The molecular formula is C14H18ClFN2O4S. The van der Waals surface area contributed by atoms with Gasteiger partial charge in [-0.05, 0) is 25.0 Å². The van der Waals surface area contributed by atoms with Gasteiger partial charge in [0.1, 0.15) is 11.6 Å². The summed E-state index contributed by atoms with van der Waals surface area (Å²) < 4.78 is 39.0. The standard InChI is InChI=1S/C14H18ClFN2O4S/c1-17(2)23(21,22)10-4-3-5-18(8-10)14(20)11-6-9(16)7-12(15)13(11)19/h6-7,10,19H,3-5,8H2,1-2H3. The molecule has 1 N–H and O–H groups in total. The zero-order valence-electron chi connectivity index (χ0n) is 12.8. The van der Waals surface area contributed by atoms with Crippen molar-refractivity contribution in [2.45, 2.75) is 18.1 Å². The van der Waals surface area contributed by atoms with Crippen molar-refractivity contribution in [3.63, 3.8) is 0 Å². The van der Waals surface area contributed by atoms with Crippen LogP contribution in [0.2, 0.25) is 5.02 Å². The lowest BCUT2D eigenvalue weighted by Gasteiger charge is -2.33. The number of aromatic hydroxyl groups is 1. The summed E-state index contributed by atoms with van der Waals surface area (Å²) in [7, 11) is -0.621. The van der Waals surface area contributed by atoms with Gasteiger partial charge in [-0.15, -0.1) is 0 Å². The number of phenolic OH excluding ortho intramolecular Hbond substituents is 1. The van der Waals surface area contributed by atoms with Crippen molar-refractivity contribution in [1.29, 1.82) is 0 Å². The van der Waals surface area contributed by atoms with E-state index in [1.54, 1.807) is 0 Å². The average molecular weight is 365 g/mol. The first kappa shape index (κ1) is 18.0. The van der Waals surface area contributed by atoms with Gasteiger partial charge in [-0.1, -0.05) is 11.6 Å². The monoisotopic (exact) mass is 364 g/mol. The third-order valence-electron chi connectivity index (χ3n) is 3.85. The van der Waals surface area contributed by atoms with E-state index < -0.39 is 32.7 Å². The first-order chi connectivity index (χ1) is 10.6. The smallest absolute Gasteiger partial charge is 0.257 e. The van der Waals surface area contributed by atoms with Crippen LogP contribution >= 0.6 is 11.6 Å². The molecule has 1 amide bonds. The molecule has 1 aliphatic rings. The number of amides is 1. The second-order valence-corrected chi connectivity index (χ2v) is 8.46. The number of carbonyl (C=O) groups is 1. The zero-order chi connectivity index (χ0) is 17.4. The van der Waals surface area contributed by atoms with E-state index in [1.807, 2.05) is 0 Å². The molecule has 1 aromatic carbocycles. The molecule has 9 heteroatoms. The number of rotatable bonds is 3. The molecule has 1 heterocycles. The summed E-state index contributed by atoms with van der Waals surface area (Å²) in [5, 5.41) is 8.88. The van der Waals surface area contributed by atoms with E-state index in [-0.39, 0.29) is 17.1 Å². The Morgan fingerprint density at radius 1 is 1.43 bits per heavy atom. The van der Waals surface area contributed by atoms with Crippen molar-refractivity contribution in [2.24, 2.45) is 0 Å². The van der Waals surface area contributed by atoms with Crippen molar-refractivity contribution in [2.75, 3.05) is 27.2 Å². The van der Waals surface area contributed by atoms with Crippen molar-refractivity contribution in [3.05, 3.63) is 28.5 Å². The third-order valence-corrected chi connectivity index (χ3v) is 6.39. The molecular weight excluding hydrogens is 347 g/mol. The van der Waals surface area contributed by atoms with Crippen molar-refractivity contribution >= 4 is 27.5 Å². The first-order valence-electron chi connectivity index (χ1n) is 7.03. The Bertz CT molecular complexity index is 724. The molecule has 0 aliphatic carbocycles. The number of sulfonamides is 1. The minimum atomic E-state index is -3.50. The summed E-state index contributed by atoms with van der Waals surface area (Å²) in [5.74, 6) is -1.89. The summed E-state index contributed by atoms with van der Waals surface area (Å²) in [6.07, 6.45) is 0.952. The predicted octanol–water partition coefficient (Wildman–Crippen LogP) is 1.68. The van der Waals surface area contributed by atoms with Crippen LogP contribution in [-0.4, -0.2) is 61.1 Å². The molecule has 6 nitrogen and oxygen atoms in total. The molecule has 2 rings (SSSR count). The van der Waals surface area contributed by atoms with Crippen molar-refractivity contribution in [1.82, 2.24) is 9.21 Å². The molecule has 1 unspecified atom stereocenters. The van der Waals surface area contributed by atoms with Gasteiger partial charge in [0.15, 0.2) is 0 Å². The van der Waals surface area contributed by atoms with Gasteiger partial charge in [-0.3, -0.25) is 4.79 Å². The molecule has 1 fully saturated rings. The normalized spacial score (nSPS) is 19.2. The number of hydrogen-bond acceptors (Lipinski definition) is 4. The zero-order valence-corrected chi connectivity index (χ0v) is 14.4. The predicted molar refractivity (Wildman–Crippen MR) is 84.6 cm³/mol. The fourth-order valence-corrected chi connectivity index (χ4v) is 4.20. The SMILES string of the molecule is CN(C)S(=O)(=O)C1CCCN(C(=O)c2cc(F)cc(Cl)c2O)C1. The van der Waals surface area contributed by atoms with Crippen LogP contribution in [0.15, 0.2) is 12.1 Å². The largest absolute Gasteiger partial charge is 0.506 e. The molecule has 0 radical (unpaired) electrons. The summed E-state index contributed by atoms with van der Waals surface area (Å²) in [6.45, 7) is 0.332. The van der Waals surface area contributed by atoms with Gasteiger partial charge in [0, 0.05) is 27.2 Å². The van der Waals surface area contributed by atoms with E-state index in [0.717, 1.165) is 16.4 Å². The van der Waals surface area contributed by atoms with Crippen molar-refractivity contribution in [3.8, 4) is 5.75 Å². The summed E-state index contributed by atoms with van der Waals surface area (Å²) >= 11 is 5.68. The fraction of sp³-hybridized carbons (Fsp3) is 0.500. The van der Waals surface area contributed by atoms with Crippen LogP contribution in [0, 0.1) is 5.82 Å². The Labute approximate surface area is 139 Å². The van der Waals surface area contributed by atoms with Crippen LogP contribution < -0.4 is 0 Å². The molecule has 0 bridgehead atoms. The van der Waals surface area contributed by atoms with Gasteiger partial charge in [0.2, 0.25) is 10.0 Å². The van der Waals surface area contributed by atoms with Gasteiger partial charge < -0.3 is 10.0 Å². The van der Waals surface area contributed by atoms with E-state index in [4.69, 9.17) is 11.6 Å². The third kappa shape index (κ3) is 3.59. The number of phenols is 1. The first-order valence-corrected chi connectivity index (χ1v) is 8.91. The highest BCUT2D eigenvalue weighted by Crippen LogP contribution is 2.30. The van der Waals surface area contributed by atoms with E-state index >= 15 is 0 Å². The molecule has 1 aromatic rings.